The topological polar surface area (TPSA) is 108 Å². The lowest BCUT2D eigenvalue weighted by Gasteiger charge is -2.20. The smallest absolute Gasteiger partial charge is 0.308 e. The fourth-order valence-electron chi connectivity index (χ4n) is 3.60. The summed E-state index contributed by atoms with van der Waals surface area (Å²) in [6.07, 6.45) is 11.1. The Hall–Kier alpha value is -1.96. The molecule has 0 aliphatic heterocycles. The summed E-state index contributed by atoms with van der Waals surface area (Å²) < 4.78 is 16.3. The number of carbonyl (C=O) groups is 4. The van der Waals surface area contributed by atoms with Crippen LogP contribution in [-0.2, 0) is 33.4 Å². The minimum Gasteiger partial charge on any atom is -0.461 e. The standard InChI is InChI=1S/C28H51NO7/c1-5-7-9-11-16-24(4)28(33)35-22-25(21-34-27(32)23(3)15-10-8-6-2)36-26(31)17-14-19-29-18-12-13-20-30/h20,23-25,29H,5-19,21-22H2,1-4H3. The highest BCUT2D eigenvalue weighted by molar-refractivity contribution is 5.73. The van der Waals surface area contributed by atoms with Crippen molar-refractivity contribution in [3.63, 3.8) is 0 Å². The van der Waals surface area contributed by atoms with E-state index >= 15 is 0 Å². The number of carbonyl (C=O) groups excluding carboxylic acids is 4. The van der Waals surface area contributed by atoms with E-state index in [0.29, 0.717) is 19.4 Å². The van der Waals surface area contributed by atoms with Gasteiger partial charge in [-0.25, -0.2) is 0 Å². The van der Waals surface area contributed by atoms with Crippen LogP contribution in [0, 0.1) is 11.8 Å². The summed E-state index contributed by atoms with van der Waals surface area (Å²) in [6, 6.07) is 0. The van der Waals surface area contributed by atoms with E-state index in [2.05, 4.69) is 19.2 Å². The maximum Gasteiger partial charge on any atom is 0.308 e. The Labute approximate surface area is 218 Å². The summed E-state index contributed by atoms with van der Waals surface area (Å²) in [5.74, 6) is -1.55. The van der Waals surface area contributed by atoms with Crippen LogP contribution in [0.2, 0.25) is 0 Å². The molecule has 0 radical (unpaired) electrons. The first-order valence-corrected chi connectivity index (χ1v) is 14.0. The molecule has 0 aliphatic carbocycles. The fourth-order valence-corrected chi connectivity index (χ4v) is 3.60. The third-order valence-corrected chi connectivity index (χ3v) is 6.07. The quantitative estimate of drug-likeness (QED) is 0.0816. The third-order valence-electron chi connectivity index (χ3n) is 6.07. The average molecular weight is 514 g/mol. The highest BCUT2D eigenvalue weighted by Crippen LogP contribution is 2.14. The van der Waals surface area contributed by atoms with E-state index in [9.17, 15) is 19.2 Å². The lowest BCUT2D eigenvalue weighted by atomic mass is 10.0. The van der Waals surface area contributed by atoms with Gasteiger partial charge in [0.1, 0.15) is 19.5 Å². The largest absolute Gasteiger partial charge is 0.461 e. The maximum atomic E-state index is 12.4. The molecule has 36 heavy (non-hydrogen) atoms. The molecule has 3 atom stereocenters. The van der Waals surface area contributed by atoms with Crippen LogP contribution in [0.15, 0.2) is 0 Å². The Balaban J connectivity index is 4.64. The molecule has 0 spiro atoms. The van der Waals surface area contributed by atoms with Gasteiger partial charge >= 0.3 is 17.9 Å². The van der Waals surface area contributed by atoms with Crippen LogP contribution < -0.4 is 5.32 Å². The van der Waals surface area contributed by atoms with Gasteiger partial charge in [0.05, 0.1) is 11.8 Å². The van der Waals surface area contributed by atoms with Crippen molar-refractivity contribution < 1.29 is 33.4 Å². The van der Waals surface area contributed by atoms with Crippen LogP contribution in [0.1, 0.15) is 111 Å². The van der Waals surface area contributed by atoms with Crippen molar-refractivity contribution in [3.8, 4) is 0 Å². The summed E-state index contributed by atoms with van der Waals surface area (Å²) in [5.41, 5.74) is 0. The van der Waals surface area contributed by atoms with Crippen molar-refractivity contribution >= 4 is 24.2 Å². The predicted molar refractivity (Wildman–Crippen MR) is 140 cm³/mol. The van der Waals surface area contributed by atoms with Gasteiger partial charge in [-0.05, 0) is 38.8 Å². The minimum absolute atomic E-state index is 0.134. The lowest BCUT2D eigenvalue weighted by Crippen LogP contribution is -2.33. The molecule has 0 rings (SSSR count). The van der Waals surface area contributed by atoms with E-state index in [0.717, 1.165) is 77.0 Å². The lowest BCUT2D eigenvalue weighted by molar-refractivity contribution is -0.169. The molecule has 0 bridgehead atoms. The van der Waals surface area contributed by atoms with E-state index in [1.165, 1.54) is 0 Å². The molecule has 0 fully saturated rings. The Morgan fingerprint density at radius 1 is 0.750 bits per heavy atom. The predicted octanol–water partition coefficient (Wildman–Crippen LogP) is 5.16. The zero-order chi connectivity index (χ0) is 27.0. The van der Waals surface area contributed by atoms with Crippen molar-refractivity contribution in [2.45, 2.75) is 117 Å². The van der Waals surface area contributed by atoms with Crippen LogP contribution in [0.4, 0.5) is 0 Å². The van der Waals surface area contributed by atoms with Crippen LogP contribution >= 0.6 is 0 Å². The third kappa shape index (κ3) is 19.3. The molecule has 0 saturated carbocycles. The Morgan fingerprint density at radius 2 is 1.28 bits per heavy atom. The molecular weight excluding hydrogens is 462 g/mol. The summed E-state index contributed by atoms with van der Waals surface area (Å²) in [6.45, 7) is 9.01. The highest BCUT2D eigenvalue weighted by atomic mass is 16.6. The number of rotatable bonds is 24. The van der Waals surface area contributed by atoms with Gasteiger partial charge < -0.3 is 24.3 Å². The van der Waals surface area contributed by atoms with Gasteiger partial charge in [0.2, 0.25) is 0 Å². The average Bonchev–Trinajstić information content (AvgIpc) is 2.87. The molecule has 0 aliphatic rings. The molecule has 1 N–H and O–H groups in total. The zero-order valence-electron chi connectivity index (χ0n) is 23.2. The van der Waals surface area contributed by atoms with Crippen molar-refractivity contribution in [1.82, 2.24) is 5.32 Å². The van der Waals surface area contributed by atoms with E-state index in [1.54, 1.807) is 0 Å². The number of esters is 3. The van der Waals surface area contributed by atoms with Crippen molar-refractivity contribution in [2.75, 3.05) is 26.3 Å². The molecule has 0 saturated heterocycles. The molecule has 0 aromatic rings. The molecule has 8 heteroatoms. The fraction of sp³-hybridized carbons (Fsp3) is 0.857. The van der Waals surface area contributed by atoms with Crippen molar-refractivity contribution in [2.24, 2.45) is 11.8 Å². The number of ether oxygens (including phenoxy) is 3. The highest BCUT2D eigenvalue weighted by Gasteiger charge is 2.23. The normalized spacial score (nSPS) is 13.4. The van der Waals surface area contributed by atoms with Gasteiger partial charge in [-0.1, -0.05) is 72.6 Å². The second kappa shape index (κ2) is 23.4. The molecule has 0 amide bonds. The van der Waals surface area contributed by atoms with Gasteiger partial charge in [0, 0.05) is 12.8 Å². The first-order valence-electron chi connectivity index (χ1n) is 14.0. The van der Waals surface area contributed by atoms with Crippen LogP contribution in [0.5, 0.6) is 0 Å². The van der Waals surface area contributed by atoms with Crippen LogP contribution in [-0.4, -0.2) is 56.6 Å². The van der Waals surface area contributed by atoms with Gasteiger partial charge in [-0.15, -0.1) is 0 Å². The molecule has 0 heterocycles. The van der Waals surface area contributed by atoms with E-state index < -0.39 is 12.1 Å². The second-order valence-corrected chi connectivity index (χ2v) is 9.68. The molecule has 0 aromatic carbocycles. The summed E-state index contributed by atoms with van der Waals surface area (Å²) in [7, 11) is 0. The number of aldehydes is 1. The minimum atomic E-state index is -0.832. The van der Waals surface area contributed by atoms with Crippen molar-refractivity contribution in [1.29, 1.82) is 0 Å². The molecule has 8 nitrogen and oxygen atoms in total. The molecule has 0 aromatic heterocycles. The molecule has 3 unspecified atom stereocenters. The van der Waals surface area contributed by atoms with Gasteiger partial charge in [-0.3, -0.25) is 14.4 Å². The SMILES string of the molecule is CCCCCCC(C)C(=O)OCC(COC(=O)C(C)CCCCC)OC(=O)CCCNCCCC=O. The molecule has 210 valence electrons. The van der Waals surface area contributed by atoms with Gasteiger partial charge in [-0.2, -0.15) is 0 Å². The summed E-state index contributed by atoms with van der Waals surface area (Å²) in [4.78, 5) is 47.4. The monoisotopic (exact) mass is 513 g/mol. The summed E-state index contributed by atoms with van der Waals surface area (Å²) in [5, 5.41) is 3.17. The van der Waals surface area contributed by atoms with E-state index in [-0.39, 0.29) is 43.4 Å². The van der Waals surface area contributed by atoms with Crippen molar-refractivity contribution in [3.05, 3.63) is 0 Å². The van der Waals surface area contributed by atoms with E-state index in [1.807, 2.05) is 13.8 Å². The van der Waals surface area contributed by atoms with E-state index in [4.69, 9.17) is 14.2 Å². The molecular formula is C28H51NO7. The van der Waals surface area contributed by atoms with Crippen LogP contribution in [0.3, 0.4) is 0 Å². The number of hydrogen-bond acceptors (Lipinski definition) is 8. The number of hydrogen-bond donors (Lipinski definition) is 1. The Morgan fingerprint density at radius 3 is 1.83 bits per heavy atom. The Bertz CT molecular complexity index is 596. The first-order chi connectivity index (χ1) is 17.3. The van der Waals surface area contributed by atoms with Gasteiger partial charge in [0.25, 0.3) is 0 Å². The zero-order valence-corrected chi connectivity index (χ0v) is 23.2. The summed E-state index contributed by atoms with van der Waals surface area (Å²) >= 11 is 0. The number of nitrogens with one attached hydrogen (secondary N) is 1. The van der Waals surface area contributed by atoms with Gasteiger partial charge in [0.15, 0.2) is 6.10 Å². The van der Waals surface area contributed by atoms with Crippen LogP contribution in [0.25, 0.3) is 0 Å². The second-order valence-electron chi connectivity index (χ2n) is 9.68. The first kappa shape index (κ1) is 34.0. The Kier molecular flexibility index (Phi) is 22.2. The number of unbranched alkanes of at least 4 members (excludes halogenated alkanes) is 6. The maximum absolute atomic E-state index is 12.4.